The van der Waals surface area contributed by atoms with Crippen LogP contribution < -0.4 is 11.1 Å². The maximum absolute atomic E-state index is 12.8. The largest absolute Gasteiger partial charge is 0.478 e. The molecule has 1 heterocycles. The van der Waals surface area contributed by atoms with Gasteiger partial charge in [0, 0.05) is 17.8 Å². The first kappa shape index (κ1) is 25.3. The van der Waals surface area contributed by atoms with Crippen LogP contribution in [0.3, 0.4) is 0 Å². The molecule has 0 saturated heterocycles. The molecule has 0 spiro atoms. The Labute approximate surface area is 190 Å². The number of carboxylic acid groups (broad SMARTS) is 1. The molecule has 0 fully saturated rings. The Kier molecular flexibility index (Phi) is 8.38. The average molecular weight is 442 g/mol. The van der Waals surface area contributed by atoms with E-state index in [2.05, 4.69) is 19.2 Å². The Morgan fingerprint density at radius 2 is 1.75 bits per heavy atom. The van der Waals surface area contributed by atoms with E-state index in [0.29, 0.717) is 17.3 Å². The summed E-state index contributed by atoms with van der Waals surface area (Å²) < 4.78 is 5.43. The van der Waals surface area contributed by atoms with E-state index in [0.717, 1.165) is 34.4 Å². The number of carbonyl (C=O) groups is 2. The molecule has 32 heavy (non-hydrogen) atoms. The standard InChI is InChI=1S/C25H35N3O4/c1-7-25(8-2,23(29)30)32-24(31)28-22-17(6)27-20(13-15(3)4)19(14-26)21(22)18-11-9-16(5)10-12-18/h9-12,15H,7-8,13-14,26H2,1-6H3,(H,28,31)(H,29,30). The van der Waals surface area contributed by atoms with Crippen LogP contribution in [-0.4, -0.2) is 27.8 Å². The number of anilines is 1. The van der Waals surface area contributed by atoms with Gasteiger partial charge in [-0.15, -0.1) is 0 Å². The maximum atomic E-state index is 12.8. The molecular weight excluding hydrogens is 406 g/mol. The molecule has 0 atom stereocenters. The number of carboxylic acids is 1. The number of ether oxygens (including phenoxy) is 1. The summed E-state index contributed by atoms with van der Waals surface area (Å²) >= 11 is 0. The molecule has 4 N–H and O–H groups in total. The van der Waals surface area contributed by atoms with Crippen LogP contribution in [0.15, 0.2) is 24.3 Å². The van der Waals surface area contributed by atoms with Crippen molar-refractivity contribution in [2.75, 3.05) is 5.32 Å². The van der Waals surface area contributed by atoms with Crippen molar-refractivity contribution in [1.29, 1.82) is 0 Å². The van der Waals surface area contributed by atoms with Gasteiger partial charge in [0.15, 0.2) is 0 Å². The fourth-order valence-electron chi connectivity index (χ4n) is 3.81. The second-order valence-electron chi connectivity index (χ2n) is 8.56. The quantitative estimate of drug-likeness (QED) is 0.492. The minimum absolute atomic E-state index is 0.162. The molecule has 0 unspecified atom stereocenters. The van der Waals surface area contributed by atoms with Gasteiger partial charge in [0.1, 0.15) is 0 Å². The van der Waals surface area contributed by atoms with Crippen molar-refractivity contribution in [1.82, 2.24) is 4.98 Å². The number of benzene rings is 1. The Morgan fingerprint density at radius 3 is 2.22 bits per heavy atom. The maximum Gasteiger partial charge on any atom is 0.412 e. The molecule has 174 valence electrons. The molecule has 0 aliphatic carbocycles. The van der Waals surface area contributed by atoms with Gasteiger partial charge < -0.3 is 15.6 Å². The third-order valence-electron chi connectivity index (χ3n) is 5.76. The normalized spacial score (nSPS) is 11.5. The summed E-state index contributed by atoms with van der Waals surface area (Å²) in [5.41, 5.74) is 10.3. The van der Waals surface area contributed by atoms with Crippen LogP contribution in [0.25, 0.3) is 11.1 Å². The predicted molar refractivity (Wildman–Crippen MR) is 127 cm³/mol. The zero-order chi connectivity index (χ0) is 24.1. The number of pyridine rings is 1. The number of nitrogens with one attached hydrogen (secondary N) is 1. The summed E-state index contributed by atoms with van der Waals surface area (Å²) in [6, 6.07) is 7.97. The van der Waals surface area contributed by atoms with E-state index in [1.165, 1.54) is 0 Å². The van der Waals surface area contributed by atoms with Gasteiger partial charge in [-0.2, -0.15) is 0 Å². The molecule has 2 rings (SSSR count). The van der Waals surface area contributed by atoms with Crippen molar-refractivity contribution in [3.8, 4) is 11.1 Å². The number of aromatic nitrogens is 1. The summed E-state index contributed by atoms with van der Waals surface area (Å²) in [5.74, 6) is -0.784. The number of hydrogen-bond acceptors (Lipinski definition) is 5. The monoisotopic (exact) mass is 441 g/mol. The zero-order valence-electron chi connectivity index (χ0n) is 19.9. The molecule has 1 amide bonds. The highest BCUT2D eigenvalue weighted by atomic mass is 16.6. The SMILES string of the molecule is CCC(CC)(OC(=O)Nc1c(C)nc(CC(C)C)c(CN)c1-c1ccc(C)cc1)C(=O)O. The molecule has 1 aromatic heterocycles. The van der Waals surface area contributed by atoms with E-state index in [1.54, 1.807) is 13.8 Å². The molecule has 0 saturated carbocycles. The fraction of sp³-hybridized carbons (Fsp3) is 0.480. The number of nitrogens with zero attached hydrogens (tertiary/aromatic N) is 1. The predicted octanol–water partition coefficient (Wildman–Crippen LogP) is 5.21. The van der Waals surface area contributed by atoms with Gasteiger partial charge >= 0.3 is 12.1 Å². The van der Waals surface area contributed by atoms with Gasteiger partial charge in [0.2, 0.25) is 5.60 Å². The van der Waals surface area contributed by atoms with Crippen LogP contribution in [-0.2, 0) is 22.5 Å². The lowest BCUT2D eigenvalue weighted by Gasteiger charge is -2.27. The van der Waals surface area contributed by atoms with E-state index in [9.17, 15) is 14.7 Å². The smallest absolute Gasteiger partial charge is 0.412 e. The Bertz CT molecular complexity index is 964. The van der Waals surface area contributed by atoms with Crippen LogP contribution in [0.2, 0.25) is 0 Å². The van der Waals surface area contributed by atoms with E-state index < -0.39 is 17.7 Å². The van der Waals surface area contributed by atoms with Crippen LogP contribution in [0.4, 0.5) is 10.5 Å². The molecule has 1 aromatic carbocycles. The number of aryl methyl sites for hydroxylation is 2. The van der Waals surface area contributed by atoms with Crippen LogP contribution in [0.5, 0.6) is 0 Å². The average Bonchev–Trinajstić information content (AvgIpc) is 2.73. The van der Waals surface area contributed by atoms with E-state index in [4.69, 9.17) is 15.5 Å². The number of carbonyl (C=O) groups excluding carboxylic acids is 1. The number of nitrogens with two attached hydrogens (primary N) is 1. The lowest BCUT2D eigenvalue weighted by Crippen LogP contribution is -2.43. The second-order valence-corrected chi connectivity index (χ2v) is 8.56. The molecule has 0 radical (unpaired) electrons. The van der Waals surface area contributed by atoms with Gasteiger partial charge in [-0.1, -0.05) is 57.5 Å². The molecule has 0 bridgehead atoms. The minimum Gasteiger partial charge on any atom is -0.478 e. The van der Waals surface area contributed by atoms with Gasteiger partial charge in [-0.25, -0.2) is 9.59 Å². The molecule has 7 nitrogen and oxygen atoms in total. The lowest BCUT2D eigenvalue weighted by molar-refractivity contribution is -0.158. The van der Waals surface area contributed by atoms with Crippen molar-refractivity contribution in [2.45, 2.75) is 73.0 Å². The van der Waals surface area contributed by atoms with Crippen LogP contribution in [0.1, 0.15) is 63.1 Å². The Balaban J connectivity index is 2.62. The van der Waals surface area contributed by atoms with Gasteiger partial charge in [-0.05, 0) is 50.2 Å². The van der Waals surface area contributed by atoms with Gasteiger partial charge in [-0.3, -0.25) is 10.3 Å². The Morgan fingerprint density at radius 1 is 1.16 bits per heavy atom. The first-order valence-corrected chi connectivity index (χ1v) is 11.1. The lowest BCUT2D eigenvalue weighted by atomic mass is 9.92. The van der Waals surface area contributed by atoms with Crippen molar-refractivity contribution in [3.63, 3.8) is 0 Å². The number of aliphatic carboxylic acids is 1. The fourth-order valence-corrected chi connectivity index (χ4v) is 3.81. The Hall–Kier alpha value is -2.93. The first-order chi connectivity index (χ1) is 15.1. The zero-order valence-corrected chi connectivity index (χ0v) is 19.9. The molecule has 2 aromatic rings. The van der Waals surface area contributed by atoms with Crippen molar-refractivity contribution >= 4 is 17.7 Å². The summed E-state index contributed by atoms with van der Waals surface area (Å²) in [4.78, 5) is 29.4. The summed E-state index contributed by atoms with van der Waals surface area (Å²) in [6.45, 7) is 11.7. The highest BCUT2D eigenvalue weighted by Crippen LogP contribution is 2.36. The molecule has 0 aliphatic heterocycles. The summed E-state index contributed by atoms with van der Waals surface area (Å²) in [5, 5.41) is 12.4. The number of amides is 1. The van der Waals surface area contributed by atoms with Gasteiger partial charge in [0.25, 0.3) is 0 Å². The summed E-state index contributed by atoms with van der Waals surface area (Å²) in [6.07, 6.45) is 0.254. The van der Waals surface area contributed by atoms with E-state index in [-0.39, 0.29) is 19.4 Å². The van der Waals surface area contributed by atoms with Crippen LogP contribution in [0, 0.1) is 19.8 Å². The minimum atomic E-state index is -1.58. The third-order valence-corrected chi connectivity index (χ3v) is 5.76. The number of rotatable bonds is 9. The van der Waals surface area contributed by atoms with E-state index >= 15 is 0 Å². The first-order valence-electron chi connectivity index (χ1n) is 11.1. The van der Waals surface area contributed by atoms with Crippen molar-refractivity contribution in [3.05, 3.63) is 46.8 Å². The second kappa shape index (κ2) is 10.6. The highest BCUT2D eigenvalue weighted by molar-refractivity contribution is 5.95. The molecule has 0 aliphatic rings. The van der Waals surface area contributed by atoms with E-state index in [1.807, 2.05) is 38.1 Å². The third kappa shape index (κ3) is 5.46. The van der Waals surface area contributed by atoms with Gasteiger partial charge in [0.05, 0.1) is 11.4 Å². The molecular formula is C25H35N3O4. The van der Waals surface area contributed by atoms with Crippen molar-refractivity contribution < 1.29 is 19.4 Å². The number of hydrogen-bond donors (Lipinski definition) is 3. The highest BCUT2D eigenvalue weighted by Gasteiger charge is 2.39. The van der Waals surface area contributed by atoms with Crippen molar-refractivity contribution in [2.24, 2.45) is 11.7 Å². The van der Waals surface area contributed by atoms with Crippen LogP contribution >= 0.6 is 0 Å². The summed E-state index contributed by atoms with van der Waals surface area (Å²) in [7, 11) is 0. The molecule has 7 heteroatoms. The topological polar surface area (TPSA) is 115 Å².